The van der Waals surface area contributed by atoms with E-state index in [0.29, 0.717) is 24.2 Å². The van der Waals surface area contributed by atoms with E-state index >= 15 is 0 Å². The Balaban J connectivity index is 1.50. The van der Waals surface area contributed by atoms with E-state index in [-0.39, 0.29) is 11.8 Å². The highest BCUT2D eigenvalue weighted by Crippen LogP contribution is 2.36. The summed E-state index contributed by atoms with van der Waals surface area (Å²) in [6.45, 7) is 18.7. The van der Waals surface area contributed by atoms with E-state index < -0.39 is 36.1 Å². The number of likely N-dealkylation sites (tertiary alicyclic amines) is 1. The third-order valence-electron chi connectivity index (χ3n) is 6.82. The van der Waals surface area contributed by atoms with Gasteiger partial charge < -0.3 is 24.3 Å². The Morgan fingerprint density at radius 3 is 2.31 bits per heavy atom. The molecule has 2 unspecified atom stereocenters. The summed E-state index contributed by atoms with van der Waals surface area (Å²) in [4.78, 5) is 36.3. The van der Waals surface area contributed by atoms with Crippen molar-refractivity contribution in [2.75, 3.05) is 18.8 Å². The van der Waals surface area contributed by atoms with Crippen LogP contribution in [0.5, 0.6) is 0 Å². The van der Waals surface area contributed by atoms with Crippen molar-refractivity contribution >= 4 is 36.3 Å². The third-order valence-corrected chi connectivity index (χ3v) is 7.93. The van der Waals surface area contributed by atoms with Crippen molar-refractivity contribution in [1.82, 2.24) is 20.2 Å². The molecule has 1 aromatic heterocycles. The molecule has 1 N–H and O–H groups in total. The highest BCUT2D eigenvalue weighted by Gasteiger charge is 2.52. The maximum absolute atomic E-state index is 13.2. The van der Waals surface area contributed by atoms with Gasteiger partial charge >= 0.3 is 13.2 Å². The SMILES string of the molecule is CC(C)C(NC(=O)OC(C)(C)C)C(=O)N1CCC(CSc2ncc(B3OC(C)(C)C(C)(C)O3)cn2)C1. The van der Waals surface area contributed by atoms with Crippen LogP contribution in [-0.2, 0) is 18.8 Å². The molecule has 11 heteroatoms. The van der Waals surface area contributed by atoms with Crippen molar-refractivity contribution in [1.29, 1.82) is 0 Å². The molecule has 0 spiro atoms. The summed E-state index contributed by atoms with van der Waals surface area (Å²) < 4.78 is 17.5. The fourth-order valence-corrected chi connectivity index (χ4v) is 4.92. The zero-order valence-electron chi connectivity index (χ0n) is 23.1. The van der Waals surface area contributed by atoms with Gasteiger partial charge in [-0.05, 0) is 66.7 Å². The van der Waals surface area contributed by atoms with Crippen molar-refractivity contribution in [3.8, 4) is 0 Å². The van der Waals surface area contributed by atoms with Crippen LogP contribution in [0, 0.1) is 11.8 Å². The Bertz CT molecular complexity index is 919. The second kappa shape index (κ2) is 10.9. The van der Waals surface area contributed by atoms with Gasteiger partial charge in [0.25, 0.3) is 0 Å². The quantitative estimate of drug-likeness (QED) is 0.332. The summed E-state index contributed by atoms with van der Waals surface area (Å²) >= 11 is 1.58. The summed E-state index contributed by atoms with van der Waals surface area (Å²) in [7, 11) is -0.480. The topological polar surface area (TPSA) is 103 Å². The van der Waals surface area contributed by atoms with Gasteiger partial charge in [-0.1, -0.05) is 25.6 Å². The van der Waals surface area contributed by atoms with Crippen LogP contribution in [0.2, 0.25) is 0 Å². The van der Waals surface area contributed by atoms with E-state index in [4.69, 9.17) is 14.0 Å². The third kappa shape index (κ3) is 7.13. The number of carbonyl (C=O) groups excluding carboxylic acids is 2. The minimum atomic E-state index is -0.616. The molecule has 200 valence electrons. The molecule has 36 heavy (non-hydrogen) atoms. The molecule has 0 aromatic carbocycles. The minimum Gasteiger partial charge on any atom is -0.444 e. The Labute approximate surface area is 220 Å². The fraction of sp³-hybridized carbons (Fsp3) is 0.760. The normalized spacial score (nSPS) is 22.1. The summed E-state index contributed by atoms with van der Waals surface area (Å²) in [6, 6.07) is -0.614. The first-order chi connectivity index (χ1) is 16.6. The predicted molar refractivity (Wildman–Crippen MR) is 141 cm³/mol. The molecule has 2 aliphatic rings. The molecule has 0 saturated carbocycles. The molecule has 2 fully saturated rings. The molecule has 2 saturated heterocycles. The van der Waals surface area contributed by atoms with E-state index in [2.05, 4.69) is 15.3 Å². The van der Waals surface area contributed by atoms with Crippen molar-refractivity contribution in [2.45, 2.75) is 96.7 Å². The number of ether oxygens (including phenoxy) is 1. The summed E-state index contributed by atoms with van der Waals surface area (Å²) in [5.41, 5.74) is -0.635. The van der Waals surface area contributed by atoms with Crippen molar-refractivity contribution in [3.05, 3.63) is 12.4 Å². The number of aromatic nitrogens is 2. The minimum absolute atomic E-state index is 0.0469. The van der Waals surface area contributed by atoms with Crippen LogP contribution in [0.25, 0.3) is 0 Å². The lowest BCUT2D eigenvalue weighted by Gasteiger charge is -2.32. The standard InChI is InChI=1S/C25H41BN4O5S/c1-16(2)19(29-22(32)33-23(3,4)5)20(31)30-11-10-17(14-30)15-36-21-27-12-18(13-28-21)26-34-24(6,7)25(8,9)35-26/h12-13,16-17,19H,10-11,14-15H2,1-9H3,(H,29,32). The number of nitrogens with zero attached hydrogens (tertiary/aromatic N) is 3. The summed E-state index contributed by atoms with van der Waals surface area (Å²) in [6.07, 6.45) is 3.86. The molecule has 0 bridgehead atoms. The van der Waals surface area contributed by atoms with Gasteiger partial charge in [0.1, 0.15) is 11.6 Å². The van der Waals surface area contributed by atoms with E-state index in [1.165, 1.54) is 0 Å². The smallest absolute Gasteiger partial charge is 0.444 e. The molecule has 1 aromatic rings. The van der Waals surface area contributed by atoms with Crippen LogP contribution < -0.4 is 10.8 Å². The van der Waals surface area contributed by atoms with Crippen LogP contribution in [0.3, 0.4) is 0 Å². The van der Waals surface area contributed by atoms with Crippen molar-refractivity contribution in [3.63, 3.8) is 0 Å². The van der Waals surface area contributed by atoms with Gasteiger partial charge in [-0.15, -0.1) is 0 Å². The summed E-state index contributed by atoms with van der Waals surface area (Å²) in [5, 5.41) is 3.45. The van der Waals surface area contributed by atoms with Gasteiger partial charge in [-0.3, -0.25) is 4.79 Å². The Morgan fingerprint density at radius 1 is 1.19 bits per heavy atom. The van der Waals surface area contributed by atoms with E-state index in [1.807, 2.05) is 46.4 Å². The number of amides is 2. The van der Waals surface area contributed by atoms with E-state index in [1.54, 1.807) is 44.9 Å². The van der Waals surface area contributed by atoms with E-state index in [0.717, 1.165) is 17.6 Å². The number of hydrogen-bond donors (Lipinski definition) is 1. The number of nitrogens with one attached hydrogen (secondary N) is 1. The van der Waals surface area contributed by atoms with Gasteiger partial charge in [0.2, 0.25) is 5.91 Å². The van der Waals surface area contributed by atoms with Crippen LogP contribution in [0.1, 0.15) is 68.7 Å². The first kappa shape index (κ1) is 28.7. The molecule has 9 nitrogen and oxygen atoms in total. The predicted octanol–water partition coefficient (Wildman–Crippen LogP) is 3.27. The molecular formula is C25H41BN4O5S. The zero-order chi connectivity index (χ0) is 26.9. The fourth-order valence-electron chi connectivity index (χ4n) is 4.01. The number of hydrogen-bond acceptors (Lipinski definition) is 8. The van der Waals surface area contributed by atoms with Crippen LogP contribution >= 0.6 is 11.8 Å². The summed E-state index contributed by atoms with van der Waals surface area (Å²) in [5.74, 6) is 1.03. The number of thioether (sulfide) groups is 1. The zero-order valence-corrected chi connectivity index (χ0v) is 23.9. The highest BCUT2D eigenvalue weighted by atomic mass is 32.2. The highest BCUT2D eigenvalue weighted by molar-refractivity contribution is 7.99. The van der Waals surface area contributed by atoms with Gasteiger partial charge in [0.05, 0.1) is 11.2 Å². The van der Waals surface area contributed by atoms with Crippen molar-refractivity contribution in [2.24, 2.45) is 11.8 Å². The van der Waals surface area contributed by atoms with Crippen LogP contribution in [0.4, 0.5) is 4.79 Å². The Hall–Kier alpha value is -1.85. The average molecular weight is 521 g/mol. The first-order valence-corrected chi connectivity index (χ1v) is 13.7. The molecule has 2 amide bonds. The monoisotopic (exact) mass is 520 g/mol. The first-order valence-electron chi connectivity index (χ1n) is 12.7. The van der Waals surface area contributed by atoms with Gasteiger partial charge in [0, 0.05) is 36.7 Å². The van der Waals surface area contributed by atoms with Crippen LogP contribution in [0.15, 0.2) is 17.6 Å². The number of rotatable bonds is 7. The molecular weight excluding hydrogens is 479 g/mol. The molecule has 0 radical (unpaired) electrons. The Kier molecular flexibility index (Phi) is 8.67. The molecule has 3 heterocycles. The Morgan fingerprint density at radius 2 is 1.78 bits per heavy atom. The second-order valence-electron chi connectivity index (χ2n) is 12.0. The average Bonchev–Trinajstić information content (AvgIpc) is 3.30. The van der Waals surface area contributed by atoms with Gasteiger partial charge in [0.15, 0.2) is 5.16 Å². The number of alkyl carbamates (subject to hydrolysis) is 1. The lowest BCUT2D eigenvalue weighted by molar-refractivity contribution is -0.133. The van der Waals surface area contributed by atoms with Crippen molar-refractivity contribution < 1.29 is 23.6 Å². The van der Waals surface area contributed by atoms with Gasteiger partial charge in [-0.2, -0.15) is 0 Å². The largest absolute Gasteiger partial charge is 0.498 e. The second-order valence-corrected chi connectivity index (χ2v) is 13.0. The maximum atomic E-state index is 13.2. The van der Waals surface area contributed by atoms with Crippen LogP contribution in [-0.4, -0.2) is 75.7 Å². The molecule has 2 atom stereocenters. The molecule has 3 rings (SSSR count). The van der Waals surface area contributed by atoms with Gasteiger partial charge in [-0.25, -0.2) is 14.8 Å². The van der Waals surface area contributed by atoms with E-state index in [9.17, 15) is 9.59 Å². The molecule has 2 aliphatic heterocycles. The number of carbonyl (C=O) groups is 2. The lowest BCUT2D eigenvalue weighted by Crippen LogP contribution is -2.51. The molecule has 0 aliphatic carbocycles. The lowest BCUT2D eigenvalue weighted by atomic mass is 9.81. The maximum Gasteiger partial charge on any atom is 0.498 e.